The lowest BCUT2D eigenvalue weighted by Gasteiger charge is -2.18. The summed E-state index contributed by atoms with van der Waals surface area (Å²) in [6.07, 6.45) is 1.01. The van der Waals surface area contributed by atoms with E-state index in [1.165, 1.54) is 11.3 Å². The zero-order valence-corrected chi connectivity index (χ0v) is 13.4. The highest BCUT2D eigenvalue weighted by molar-refractivity contribution is 7.08. The zero-order valence-electron chi connectivity index (χ0n) is 11.8. The maximum atomic E-state index is 11.6. The molecule has 0 bridgehead atoms. The monoisotopic (exact) mass is 319 g/mol. The minimum absolute atomic E-state index is 0. The smallest absolute Gasteiger partial charge is 0.252 e. The molecule has 20 heavy (non-hydrogen) atoms. The molecule has 0 saturated heterocycles. The van der Waals surface area contributed by atoms with Crippen molar-refractivity contribution < 1.29 is 9.59 Å². The van der Waals surface area contributed by atoms with Crippen LogP contribution in [0.3, 0.4) is 0 Å². The van der Waals surface area contributed by atoms with Gasteiger partial charge in [-0.15, -0.1) is 12.4 Å². The maximum absolute atomic E-state index is 11.6. The number of rotatable bonds is 7. The Hall–Kier alpha value is -1.11. The number of halogens is 1. The Kier molecular flexibility index (Phi) is 8.45. The Morgan fingerprint density at radius 3 is 2.60 bits per heavy atom. The second-order valence-corrected chi connectivity index (χ2v) is 5.92. The van der Waals surface area contributed by atoms with Crippen molar-refractivity contribution in [2.75, 3.05) is 13.1 Å². The molecule has 0 aromatic carbocycles. The normalized spacial score (nSPS) is 10.6. The molecule has 1 aromatic heterocycles. The van der Waals surface area contributed by atoms with Crippen molar-refractivity contribution in [3.8, 4) is 0 Å². The topological polar surface area (TPSA) is 84.2 Å². The van der Waals surface area contributed by atoms with Gasteiger partial charge >= 0.3 is 0 Å². The van der Waals surface area contributed by atoms with Gasteiger partial charge in [-0.2, -0.15) is 11.3 Å². The van der Waals surface area contributed by atoms with Gasteiger partial charge in [-0.05, 0) is 31.7 Å². The second-order valence-electron chi connectivity index (χ2n) is 5.14. The summed E-state index contributed by atoms with van der Waals surface area (Å²) in [5.41, 5.74) is 6.03. The summed E-state index contributed by atoms with van der Waals surface area (Å²) in [5, 5.41) is 9.19. The highest BCUT2D eigenvalue weighted by atomic mass is 35.5. The van der Waals surface area contributed by atoms with Crippen LogP contribution in [-0.2, 0) is 4.79 Å². The van der Waals surface area contributed by atoms with Crippen LogP contribution in [0.2, 0.25) is 0 Å². The average Bonchev–Trinajstić information content (AvgIpc) is 2.84. The quantitative estimate of drug-likeness (QED) is 0.666. The van der Waals surface area contributed by atoms with Crippen molar-refractivity contribution in [2.24, 2.45) is 5.73 Å². The fourth-order valence-electron chi connectivity index (χ4n) is 1.36. The van der Waals surface area contributed by atoms with E-state index in [0.717, 1.165) is 0 Å². The van der Waals surface area contributed by atoms with E-state index in [4.69, 9.17) is 5.73 Å². The van der Waals surface area contributed by atoms with Crippen LogP contribution in [-0.4, -0.2) is 30.4 Å². The molecule has 1 rings (SSSR count). The van der Waals surface area contributed by atoms with Crippen molar-refractivity contribution in [1.29, 1.82) is 0 Å². The van der Waals surface area contributed by atoms with Gasteiger partial charge in [0.25, 0.3) is 5.91 Å². The number of hydrogen-bond acceptors (Lipinski definition) is 4. The van der Waals surface area contributed by atoms with Gasteiger partial charge in [0.1, 0.15) is 0 Å². The molecule has 0 spiro atoms. The predicted octanol–water partition coefficient (Wildman–Crippen LogP) is 1.53. The number of hydrogen-bond donors (Lipinski definition) is 3. The molecule has 1 heterocycles. The summed E-state index contributed by atoms with van der Waals surface area (Å²) in [6.45, 7) is 4.66. The van der Waals surface area contributed by atoms with Gasteiger partial charge in [0, 0.05) is 36.0 Å². The summed E-state index contributed by atoms with van der Waals surface area (Å²) in [4.78, 5) is 23.1. The van der Waals surface area contributed by atoms with Crippen LogP contribution in [0.5, 0.6) is 0 Å². The predicted molar refractivity (Wildman–Crippen MR) is 84.4 cm³/mol. The van der Waals surface area contributed by atoms with Crippen LogP contribution in [0.25, 0.3) is 0 Å². The van der Waals surface area contributed by atoms with Crippen molar-refractivity contribution in [1.82, 2.24) is 10.6 Å². The Labute approximate surface area is 129 Å². The lowest BCUT2D eigenvalue weighted by atomic mass is 10.1. The molecule has 1 aromatic rings. The van der Waals surface area contributed by atoms with Crippen molar-refractivity contribution in [3.05, 3.63) is 22.4 Å². The van der Waals surface area contributed by atoms with Crippen LogP contribution in [0.1, 0.15) is 37.0 Å². The van der Waals surface area contributed by atoms with Crippen molar-refractivity contribution in [2.45, 2.75) is 32.2 Å². The minimum atomic E-state index is -0.400. The summed E-state index contributed by atoms with van der Waals surface area (Å²) < 4.78 is 0. The third-order valence-corrected chi connectivity index (χ3v) is 3.07. The molecular formula is C13H22ClN3O2S. The molecule has 0 aliphatic rings. The first-order valence-electron chi connectivity index (χ1n) is 6.24. The van der Waals surface area contributed by atoms with Crippen LogP contribution in [0.15, 0.2) is 16.8 Å². The fraction of sp³-hybridized carbons (Fsp3) is 0.538. The van der Waals surface area contributed by atoms with Gasteiger partial charge < -0.3 is 16.4 Å². The van der Waals surface area contributed by atoms with Crippen LogP contribution < -0.4 is 16.4 Å². The molecule has 0 aliphatic carbocycles. The summed E-state index contributed by atoms with van der Waals surface area (Å²) in [6, 6.07) is 1.77. The van der Waals surface area contributed by atoms with E-state index in [9.17, 15) is 9.59 Å². The number of carbonyl (C=O) groups excluding carboxylic acids is 2. The molecule has 0 saturated carbocycles. The third kappa shape index (κ3) is 8.14. The molecule has 114 valence electrons. The van der Waals surface area contributed by atoms with E-state index in [0.29, 0.717) is 31.5 Å². The van der Waals surface area contributed by atoms with E-state index in [-0.39, 0.29) is 24.2 Å². The molecule has 2 amide bonds. The van der Waals surface area contributed by atoms with E-state index >= 15 is 0 Å². The molecule has 5 nitrogen and oxygen atoms in total. The molecule has 7 heteroatoms. The molecular weight excluding hydrogens is 298 g/mol. The van der Waals surface area contributed by atoms with Gasteiger partial charge in [0.15, 0.2) is 0 Å². The van der Waals surface area contributed by atoms with E-state index in [2.05, 4.69) is 10.6 Å². The third-order valence-electron chi connectivity index (χ3n) is 2.39. The largest absolute Gasteiger partial charge is 0.354 e. The highest BCUT2D eigenvalue weighted by Crippen LogP contribution is 2.05. The molecule has 0 radical (unpaired) electrons. The SMILES string of the molecule is CC(C)(N)CNC(=O)CCCNC(=O)c1ccsc1.Cl. The standard InChI is InChI=1S/C13H21N3O2S.ClH/c1-13(2,14)9-16-11(17)4-3-6-15-12(18)10-5-7-19-8-10;/h5,7-8H,3-4,6,9,14H2,1-2H3,(H,15,18)(H,16,17);1H. The summed E-state index contributed by atoms with van der Waals surface area (Å²) in [7, 11) is 0. The zero-order chi connectivity index (χ0) is 14.3. The number of nitrogens with two attached hydrogens (primary N) is 1. The van der Waals surface area contributed by atoms with Gasteiger partial charge in [0.05, 0.1) is 0 Å². The first-order chi connectivity index (χ1) is 8.88. The minimum Gasteiger partial charge on any atom is -0.354 e. The number of nitrogens with one attached hydrogen (secondary N) is 2. The Morgan fingerprint density at radius 2 is 2.05 bits per heavy atom. The van der Waals surface area contributed by atoms with Crippen LogP contribution in [0.4, 0.5) is 0 Å². The fourth-order valence-corrected chi connectivity index (χ4v) is 2.00. The second kappa shape index (κ2) is 8.94. The van der Waals surface area contributed by atoms with Crippen molar-refractivity contribution in [3.63, 3.8) is 0 Å². The first-order valence-corrected chi connectivity index (χ1v) is 7.19. The molecule has 0 atom stereocenters. The van der Waals surface area contributed by atoms with Crippen LogP contribution >= 0.6 is 23.7 Å². The Bertz CT molecular complexity index is 416. The van der Waals surface area contributed by atoms with Gasteiger partial charge in [-0.3, -0.25) is 9.59 Å². The average molecular weight is 320 g/mol. The Morgan fingerprint density at radius 1 is 1.35 bits per heavy atom. The molecule has 0 aliphatic heterocycles. The maximum Gasteiger partial charge on any atom is 0.252 e. The summed E-state index contributed by atoms with van der Waals surface area (Å²) in [5.74, 6) is -0.131. The first kappa shape index (κ1) is 18.9. The van der Waals surface area contributed by atoms with E-state index < -0.39 is 5.54 Å². The highest BCUT2D eigenvalue weighted by Gasteiger charge is 2.12. The number of amides is 2. The molecule has 4 N–H and O–H groups in total. The van der Waals surface area contributed by atoms with Crippen molar-refractivity contribution >= 4 is 35.6 Å². The van der Waals surface area contributed by atoms with Gasteiger partial charge in [0.2, 0.25) is 5.91 Å². The van der Waals surface area contributed by atoms with Crippen LogP contribution in [0, 0.1) is 0 Å². The van der Waals surface area contributed by atoms with Gasteiger partial charge in [-0.25, -0.2) is 0 Å². The lowest BCUT2D eigenvalue weighted by Crippen LogP contribution is -2.45. The Balaban J connectivity index is 0.00000361. The molecule has 0 unspecified atom stereocenters. The lowest BCUT2D eigenvalue weighted by molar-refractivity contribution is -0.121. The van der Waals surface area contributed by atoms with E-state index in [1.54, 1.807) is 11.4 Å². The number of thiophene rings is 1. The van der Waals surface area contributed by atoms with Gasteiger partial charge in [-0.1, -0.05) is 0 Å². The number of carbonyl (C=O) groups is 2. The molecule has 0 fully saturated rings. The summed E-state index contributed by atoms with van der Waals surface area (Å²) >= 11 is 1.48. The van der Waals surface area contributed by atoms with E-state index in [1.807, 2.05) is 19.2 Å².